The van der Waals surface area contributed by atoms with Gasteiger partial charge in [-0.05, 0) is 30.7 Å². The average Bonchev–Trinajstić information content (AvgIpc) is 2.92. The van der Waals surface area contributed by atoms with Crippen molar-refractivity contribution in [1.82, 2.24) is 9.97 Å². The standard InChI is InChI=1S/C20H24N4/c1-4-7-14-17-12-8-5-6-9-13(12)23-19(17)18-15(22-14)10-20(2,3)11-16(18)24-21/h5-6,8-9,23H,4,7,10-11,21H2,1-3H3/b24-16+. The number of aromatic amines is 1. The van der Waals surface area contributed by atoms with Crippen LogP contribution in [0.15, 0.2) is 29.4 Å². The molecule has 0 saturated carbocycles. The Labute approximate surface area is 142 Å². The minimum absolute atomic E-state index is 0.140. The first-order chi connectivity index (χ1) is 11.5. The molecule has 0 amide bonds. The molecule has 2 aromatic heterocycles. The Hall–Kier alpha value is -2.36. The van der Waals surface area contributed by atoms with Crippen molar-refractivity contribution >= 4 is 27.5 Å². The van der Waals surface area contributed by atoms with E-state index >= 15 is 0 Å². The van der Waals surface area contributed by atoms with Crippen molar-refractivity contribution < 1.29 is 0 Å². The summed E-state index contributed by atoms with van der Waals surface area (Å²) < 4.78 is 0. The predicted octanol–water partition coefficient (Wildman–Crippen LogP) is 4.30. The fourth-order valence-electron chi connectivity index (χ4n) is 4.07. The summed E-state index contributed by atoms with van der Waals surface area (Å²) in [5, 5.41) is 6.62. The summed E-state index contributed by atoms with van der Waals surface area (Å²) in [6, 6.07) is 8.46. The third-order valence-corrected chi connectivity index (χ3v) is 5.03. The van der Waals surface area contributed by atoms with Gasteiger partial charge in [0, 0.05) is 21.9 Å². The second kappa shape index (κ2) is 5.33. The van der Waals surface area contributed by atoms with Gasteiger partial charge in [0.05, 0.1) is 22.6 Å². The molecule has 0 bridgehead atoms. The van der Waals surface area contributed by atoms with Gasteiger partial charge in [0.2, 0.25) is 0 Å². The van der Waals surface area contributed by atoms with Crippen LogP contribution in [0.2, 0.25) is 0 Å². The summed E-state index contributed by atoms with van der Waals surface area (Å²) in [6.45, 7) is 6.73. The van der Waals surface area contributed by atoms with Crippen LogP contribution in [0, 0.1) is 5.41 Å². The number of aryl methyl sites for hydroxylation is 1. The monoisotopic (exact) mass is 320 g/mol. The Balaban J connectivity index is 2.13. The first-order valence-electron chi connectivity index (χ1n) is 8.73. The molecule has 4 rings (SSSR count). The predicted molar refractivity (Wildman–Crippen MR) is 100 cm³/mol. The smallest absolute Gasteiger partial charge is 0.0717 e. The van der Waals surface area contributed by atoms with Crippen molar-refractivity contribution in [2.24, 2.45) is 16.4 Å². The van der Waals surface area contributed by atoms with Crippen LogP contribution in [0.3, 0.4) is 0 Å². The van der Waals surface area contributed by atoms with E-state index in [4.69, 9.17) is 10.8 Å². The number of para-hydroxylation sites is 1. The molecule has 1 aliphatic carbocycles. The topological polar surface area (TPSA) is 67.1 Å². The van der Waals surface area contributed by atoms with Crippen LogP contribution < -0.4 is 5.84 Å². The Kier molecular flexibility index (Phi) is 3.37. The van der Waals surface area contributed by atoms with Gasteiger partial charge in [-0.25, -0.2) is 0 Å². The lowest BCUT2D eigenvalue weighted by atomic mass is 9.74. The minimum atomic E-state index is 0.140. The molecule has 4 heteroatoms. The van der Waals surface area contributed by atoms with Gasteiger partial charge in [-0.1, -0.05) is 45.4 Å². The second-order valence-electron chi connectivity index (χ2n) is 7.64. The number of aromatic nitrogens is 2. The van der Waals surface area contributed by atoms with E-state index < -0.39 is 0 Å². The number of hydrogen-bond acceptors (Lipinski definition) is 3. The lowest BCUT2D eigenvalue weighted by Crippen LogP contribution is -2.29. The molecule has 1 aliphatic rings. The Morgan fingerprint density at radius 3 is 2.79 bits per heavy atom. The van der Waals surface area contributed by atoms with E-state index in [1.54, 1.807) is 0 Å². The minimum Gasteiger partial charge on any atom is -0.354 e. The lowest BCUT2D eigenvalue weighted by Gasteiger charge is -2.32. The summed E-state index contributed by atoms with van der Waals surface area (Å²) in [4.78, 5) is 8.71. The van der Waals surface area contributed by atoms with Crippen molar-refractivity contribution in [2.45, 2.75) is 46.5 Å². The summed E-state index contributed by atoms with van der Waals surface area (Å²) in [7, 11) is 0. The summed E-state index contributed by atoms with van der Waals surface area (Å²) in [6.07, 6.45) is 3.92. The Morgan fingerprint density at radius 2 is 2.04 bits per heavy atom. The van der Waals surface area contributed by atoms with Gasteiger partial charge in [-0.3, -0.25) is 4.98 Å². The second-order valence-corrected chi connectivity index (χ2v) is 7.64. The SMILES string of the molecule is CCCc1nc2c(c3[nH]c4ccccc4c13)/C(=N/N)CC(C)(C)C2. The molecule has 0 atom stereocenters. The van der Waals surface area contributed by atoms with Crippen molar-refractivity contribution in [3.8, 4) is 0 Å². The van der Waals surface area contributed by atoms with Gasteiger partial charge in [0.1, 0.15) is 0 Å². The fraction of sp³-hybridized carbons (Fsp3) is 0.400. The van der Waals surface area contributed by atoms with Gasteiger partial charge in [-0.2, -0.15) is 5.10 Å². The summed E-state index contributed by atoms with van der Waals surface area (Å²) in [5.74, 6) is 5.77. The number of pyridine rings is 1. The molecule has 3 N–H and O–H groups in total. The highest BCUT2D eigenvalue weighted by atomic mass is 15.1. The summed E-state index contributed by atoms with van der Waals surface area (Å²) >= 11 is 0. The van der Waals surface area contributed by atoms with E-state index in [9.17, 15) is 0 Å². The molecule has 3 aromatic rings. The number of nitrogens with two attached hydrogens (primary N) is 1. The van der Waals surface area contributed by atoms with E-state index in [0.717, 1.165) is 53.7 Å². The van der Waals surface area contributed by atoms with E-state index in [-0.39, 0.29) is 5.41 Å². The number of hydrazone groups is 1. The highest BCUT2D eigenvalue weighted by Gasteiger charge is 2.33. The quantitative estimate of drug-likeness (QED) is 0.546. The zero-order chi connectivity index (χ0) is 16.9. The molecular weight excluding hydrogens is 296 g/mol. The number of rotatable bonds is 2. The van der Waals surface area contributed by atoms with Crippen LogP contribution in [0.4, 0.5) is 0 Å². The summed E-state index contributed by atoms with van der Waals surface area (Å²) in [5.41, 5.74) is 6.87. The van der Waals surface area contributed by atoms with Crippen LogP contribution in [0.5, 0.6) is 0 Å². The number of fused-ring (bicyclic) bond motifs is 5. The Morgan fingerprint density at radius 1 is 1.25 bits per heavy atom. The van der Waals surface area contributed by atoms with Gasteiger partial charge in [-0.15, -0.1) is 0 Å². The molecular formula is C20H24N4. The van der Waals surface area contributed by atoms with Gasteiger partial charge >= 0.3 is 0 Å². The maximum atomic E-state index is 5.77. The van der Waals surface area contributed by atoms with Gasteiger partial charge < -0.3 is 10.8 Å². The fourth-order valence-corrected chi connectivity index (χ4v) is 4.07. The number of nitrogens with one attached hydrogen (secondary N) is 1. The largest absolute Gasteiger partial charge is 0.354 e. The maximum absolute atomic E-state index is 5.77. The first-order valence-corrected chi connectivity index (χ1v) is 8.73. The van der Waals surface area contributed by atoms with Crippen LogP contribution in [-0.2, 0) is 12.8 Å². The van der Waals surface area contributed by atoms with Crippen molar-refractivity contribution in [3.63, 3.8) is 0 Å². The molecule has 2 heterocycles. The van der Waals surface area contributed by atoms with E-state index in [2.05, 4.69) is 55.1 Å². The van der Waals surface area contributed by atoms with E-state index in [1.807, 2.05) is 0 Å². The molecule has 0 radical (unpaired) electrons. The van der Waals surface area contributed by atoms with Crippen LogP contribution in [0.25, 0.3) is 21.8 Å². The number of hydrogen-bond donors (Lipinski definition) is 2. The molecule has 0 unspecified atom stereocenters. The number of H-pyrrole nitrogens is 1. The van der Waals surface area contributed by atoms with Crippen molar-refractivity contribution in [1.29, 1.82) is 0 Å². The highest BCUT2D eigenvalue weighted by Crippen LogP contribution is 2.40. The third-order valence-electron chi connectivity index (χ3n) is 5.03. The molecule has 24 heavy (non-hydrogen) atoms. The van der Waals surface area contributed by atoms with E-state index in [1.165, 1.54) is 16.5 Å². The normalized spacial score (nSPS) is 18.4. The zero-order valence-electron chi connectivity index (χ0n) is 14.6. The van der Waals surface area contributed by atoms with Gasteiger partial charge in [0.15, 0.2) is 0 Å². The van der Waals surface area contributed by atoms with E-state index in [0.29, 0.717) is 0 Å². The van der Waals surface area contributed by atoms with Crippen molar-refractivity contribution in [3.05, 3.63) is 41.2 Å². The van der Waals surface area contributed by atoms with Crippen LogP contribution >= 0.6 is 0 Å². The number of nitrogens with zero attached hydrogens (tertiary/aromatic N) is 2. The van der Waals surface area contributed by atoms with Gasteiger partial charge in [0.25, 0.3) is 0 Å². The third kappa shape index (κ3) is 2.20. The highest BCUT2D eigenvalue weighted by molar-refractivity contribution is 6.18. The Bertz CT molecular complexity index is 963. The van der Waals surface area contributed by atoms with Crippen molar-refractivity contribution in [2.75, 3.05) is 0 Å². The van der Waals surface area contributed by atoms with Crippen LogP contribution in [-0.4, -0.2) is 15.7 Å². The average molecular weight is 320 g/mol. The molecule has 124 valence electrons. The molecule has 1 aromatic carbocycles. The zero-order valence-corrected chi connectivity index (χ0v) is 14.6. The molecule has 4 nitrogen and oxygen atoms in total. The number of benzene rings is 1. The lowest BCUT2D eigenvalue weighted by molar-refractivity contribution is 0.367. The molecule has 0 fully saturated rings. The molecule has 0 aliphatic heterocycles. The first kappa shape index (κ1) is 15.2. The van der Waals surface area contributed by atoms with Crippen LogP contribution in [0.1, 0.15) is 50.6 Å². The molecule has 0 spiro atoms. The molecule has 0 saturated heterocycles. The maximum Gasteiger partial charge on any atom is 0.0717 e.